The van der Waals surface area contributed by atoms with Crippen molar-refractivity contribution in [1.82, 2.24) is 4.98 Å². The van der Waals surface area contributed by atoms with Crippen molar-refractivity contribution in [3.63, 3.8) is 0 Å². The number of carbonyl (C=O) groups excluding carboxylic acids is 1. The van der Waals surface area contributed by atoms with Crippen molar-refractivity contribution in [3.8, 4) is 0 Å². The smallest absolute Gasteiger partial charge is 0.248 e. The Labute approximate surface area is 138 Å². The Hall–Kier alpha value is -3.40. The zero-order valence-electron chi connectivity index (χ0n) is 12.8. The van der Waals surface area contributed by atoms with Crippen LogP contribution in [0.3, 0.4) is 0 Å². The first-order chi connectivity index (χ1) is 11.8. The fourth-order valence-corrected chi connectivity index (χ4v) is 2.63. The van der Waals surface area contributed by atoms with E-state index >= 15 is 0 Å². The Morgan fingerprint density at radius 1 is 0.958 bits per heavy atom. The Kier molecular flexibility index (Phi) is 3.56. The summed E-state index contributed by atoms with van der Waals surface area (Å²) in [4.78, 5) is 16.0. The highest BCUT2D eigenvalue weighted by atomic mass is 16.3. The normalized spacial score (nSPS) is 11.3. The minimum absolute atomic E-state index is 0.192. The second-order valence-corrected chi connectivity index (χ2v) is 5.41. The van der Waals surface area contributed by atoms with Gasteiger partial charge in [-0.3, -0.25) is 9.78 Å². The van der Waals surface area contributed by atoms with Gasteiger partial charge in [0.15, 0.2) is 0 Å². The number of pyridine rings is 1. The number of hydrogen-bond acceptors (Lipinski definition) is 3. The summed E-state index contributed by atoms with van der Waals surface area (Å²) in [5.74, 6) is -0.192. The molecule has 0 aliphatic carbocycles. The van der Waals surface area contributed by atoms with Crippen LogP contribution < -0.4 is 5.32 Å². The number of furan rings is 1. The second kappa shape index (κ2) is 6.01. The molecule has 0 bridgehead atoms. The number of fused-ring (bicyclic) bond motifs is 3. The third kappa shape index (κ3) is 2.77. The number of aromatic nitrogens is 1. The number of para-hydroxylation sites is 1. The first-order valence-corrected chi connectivity index (χ1v) is 7.60. The molecule has 2 aromatic carbocycles. The van der Waals surface area contributed by atoms with Crippen LogP contribution in [-0.4, -0.2) is 10.9 Å². The molecule has 1 N–H and O–H groups in total. The molecule has 0 radical (unpaired) electrons. The van der Waals surface area contributed by atoms with Gasteiger partial charge in [-0.25, -0.2) is 0 Å². The van der Waals surface area contributed by atoms with E-state index in [2.05, 4.69) is 10.3 Å². The summed E-state index contributed by atoms with van der Waals surface area (Å²) < 4.78 is 5.83. The number of nitrogens with one attached hydrogen (secondary N) is 1. The summed E-state index contributed by atoms with van der Waals surface area (Å²) in [5.41, 5.74) is 3.22. The molecule has 2 aromatic heterocycles. The maximum absolute atomic E-state index is 12.0. The zero-order valence-corrected chi connectivity index (χ0v) is 12.8. The van der Waals surface area contributed by atoms with Gasteiger partial charge >= 0.3 is 0 Å². The number of hydrogen-bond donors (Lipinski definition) is 1. The summed E-state index contributed by atoms with van der Waals surface area (Å²) in [7, 11) is 0. The molecule has 0 saturated heterocycles. The predicted octanol–water partition coefficient (Wildman–Crippen LogP) is 4.63. The summed E-state index contributed by atoms with van der Waals surface area (Å²) >= 11 is 0. The monoisotopic (exact) mass is 314 g/mol. The van der Waals surface area contributed by atoms with Crippen molar-refractivity contribution < 1.29 is 9.21 Å². The Morgan fingerprint density at radius 2 is 1.75 bits per heavy atom. The van der Waals surface area contributed by atoms with Gasteiger partial charge in [0.2, 0.25) is 5.91 Å². The summed E-state index contributed by atoms with van der Waals surface area (Å²) in [5, 5.41) is 4.96. The van der Waals surface area contributed by atoms with Crippen LogP contribution in [0.1, 0.15) is 5.56 Å². The van der Waals surface area contributed by atoms with Crippen LogP contribution in [0.5, 0.6) is 0 Å². The van der Waals surface area contributed by atoms with Crippen molar-refractivity contribution in [2.24, 2.45) is 0 Å². The van der Waals surface area contributed by atoms with Crippen LogP contribution in [0.2, 0.25) is 0 Å². The van der Waals surface area contributed by atoms with Crippen molar-refractivity contribution in [3.05, 3.63) is 78.6 Å². The van der Waals surface area contributed by atoms with E-state index in [-0.39, 0.29) is 5.91 Å². The number of benzene rings is 2. The lowest BCUT2D eigenvalue weighted by Gasteiger charge is -2.01. The molecule has 1 amide bonds. The van der Waals surface area contributed by atoms with Gasteiger partial charge in [-0.05, 0) is 42.0 Å². The molecular formula is C20H14N2O2. The zero-order chi connectivity index (χ0) is 16.4. The van der Waals surface area contributed by atoms with Gasteiger partial charge in [0.25, 0.3) is 0 Å². The fraction of sp³-hybridized carbons (Fsp3) is 0. The summed E-state index contributed by atoms with van der Waals surface area (Å²) in [6.07, 6.45) is 6.62. The van der Waals surface area contributed by atoms with Gasteiger partial charge in [0.05, 0.1) is 0 Å². The van der Waals surface area contributed by atoms with E-state index in [9.17, 15) is 4.79 Å². The van der Waals surface area contributed by atoms with Crippen molar-refractivity contribution in [2.45, 2.75) is 0 Å². The maximum atomic E-state index is 12.0. The highest BCUT2D eigenvalue weighted by molar-refractivity contribution is 6.07. The van der Waals surface area contributed by atoms with Gasteiger partial charge in [0, 0.05) is 41.0 Å². The van der Waals surface area contributed by atoms with E-state index in [0.29, 0.717) is 5.69 Å². The number of anilines is 1. The largest absolute Gasteiger partial charge is 0.456 e. The third-order valence-corrected chi connectivity index (χ3v) is 3.78. The highest BCUT2D eigenvalue weighted by Crippen LogP contribution is 2.30. The van der Waals surface area contributed by atoms with Gasteiger partial charge in [-0.15, -0.1) is 0 Å². The van der Waals surface area contributed by atoms with E-state index in [1.54, 1.807) is 18.5 Å². The molecular weight excluding hydrogens is 300 g/mol. The number of nitrogens with zero attached hydrogens (tertiary/aromatic N) is 1. The highest BCUT2D eigenvalue weighted by Gasteiger charge is 2.07. The van der Waals surface area contributed by atoms with Gasteiger partial charge in [-0.2, -0.15) is 0 Å². The van der Waals surface area contributed by atoms with E-state index in [4.69, 9.17) is 4.42 Å². The first kappa shape index (κ1) is 14.2. The lowest BCUT2D eigenvalue weighted by Crippen LogP contribution is -2.07. The molecule has 0 atom stereocenters. The topological polar surface area (TPSA) is 55.1 Å². The minimum Gasteiger partial charge on any atom is -0.456 e. The number of carbonyl (C=O) groups is 1. The lowest BCUT2D eigenvalue weighted by atomic mass is 10.1. The molecule has 0 fully saturated rings. The first-order valence-electron chi connectivity index (χ1n) is 7.60. The Morgan fingerprint density at radius 3 is 2.62 bits per heavy atom. The fourth-order valence-electron chi connectivity index (χ4n) is 2.63. The van der Waals surface area contributed by atoms with Crippen LogP contribution in [0.4, 0.5) is 5.69 Å². The van der Waals surface area contributed by atoms with Crippen molar-refractivity contribution in [2.75, 3.05) is 5.32 Å². The average molecular weight is 314 g/mol. The molecule has 0 spiro atoms. The lowest BCUT2D eigenvalue weighted by molar-refractivity contribution is -0.111. The van der Waals surface area contributed by atoms with Gasteiger partial charge in [-0.1, -0.05) is 18.2 Å². The molecule has 116 valence electrons. The van der Waals surface area contributed by atoms with E-state index in [1.165, 1.54) is 6.08 Å². The SMILES string of the molecule is O=C(C=Cc1ccncc1)Nc1ccc2c(c1)oc1ccccc12. The molecule has 4 heteroatoms. The molecule has 4 aromatic rings. The number of amides is 1. The molecule has 24 heavy (non-hydrogen) atoms. The third-order valence-electron chi connectivity index (χ3n) is 3.78. The van der Waals surface area contributed by atoms with Crippen molar-refractivity contribution in [1.29, 1.82) is 0 Å². The summed E-state index contributed by atoms with van der Waals surface area (Å²) in [6, 6.07) is 17.2. The molecule has 0 aliphatic rings. The maximum Gasteiger partial charge on any atom is 0.248 e. The van der Waals surface area contributed by atoms with Crippen LogP contribution >= 0.6 is 0 Å². The van der Waals surface area contributed by atoms with Crippen LogP contribution in [-0.2, 0) is 4.79 Å². The minimum atomic E-state index is -0.192. The Bertz CT molecular complexity index is 1050. The van der Waals surface area contributed by atoms with Gasteiger partial charge in [0.1, 0.15) is 11.2 Å². The molecule has 4 nitrogen and oxygen atoms in total. The summed E-state index contributed by atoms with van der Waals surface area (Å²) in [6.45, 7) is 0. The van der Waals surface area contributed by atoms with E-state index < -0.39 is 0 Å². The second-order valence-electron chi connectivity index (χ2n) is 5.41. The van der Waals surface area contributed by atoms with Crippen LogP contribution in [0, 0.1) is 0 Å². The molecule has 0 unspecified atom stereocenters. The molecule has 2 heterocycles. The molecule has 0 aliphatic heterocycles. The Balaban J connectivity index is 1.57. The average Bonchev–Trinajstić information content (AvgIpc) is 2.98. The van der Waals surface area contributed by atoms with Gasteiger partial charge < -0.3 is 9.73 Å². The standard InChI is InChI=1S/C20H14N2O2/c23-20(8-5-14-9-11-21-12-10-14)22-15-6-7-17-16-3-1-2-4-18(16)24-19(17)13-15/h1-13H,(H,22,23). The molecule has 0 saturated carbocycles. The number of rotatable bonds is 3. The van der Waals surface area contributed by atoms with E-state index in [1.807, 2.05) is 54.6 Å². The van der Waals surface area contributed by atoms with E-state index in [0.717, 1.165) is 27.5 Å². The quantitative estimate of drug-likeness (QED) is 0.561. The molecule has 4 rings (SSSR count). The van der Waals surface area contributed by atoms with Crippen LogP contribution in [0.15, 0.2) is 77.5 Å². The predicted molar refractivity (Wildman–Crippen MR) is 95.6 cm³/mol. The van der Waals surface area contributed by atoms with Crippen molar-refractivity contribution >= 4 is 39.6 Å². The van der Waals surface area contributed by atoms with Crippen LogP contribution in [0.25, 0.3) is 28.0 Å².